The van der Waals surface area contributed by atoms with Crippen LogP contribution in [0.25, 0.3) is 0 Å². The van der Waals surface area contributed by atoms with E-state index in [2.05, 4.69) is 0 Å². The Bertz CT molecular complexity index is 385. The number of aromatic hydroxyl groups is 1. The van der Waals surface area contributed by atoms with Crippen LogP contribution in [0.15, 0.2) is 18.2 Å². The summed E-state index contributed by atoms with van der Waals surface area (Å²) in [7, 11) is 0. The third kappa shape index (κ3) is 2.70. The molecule has 1 aromatic carbocycles. The second-order valence-electron chi connectivity index (χ2n) is 4.02. The Morgan fingerprint density at radius 2 is 2.13 bits per heavy atom. The van der Waals surface area contributed by atoms with Gasteiger partial charge >= 0.3 is 5.97 Å². The van der Waals surface area contributed by atoms with Crippen LogP contribution in [0.4, 0.5) is 0 Å². The normalized spacial score (nSPS) is 14.6. The summed E-state index contributed by atoms with van der Waals surface area (Å²) < 4.78 is 0. The zero-order chi connectivity index (χ0) is 11.6. The first kappa shape index (κ1) is 11.5. The molecule has 82 valence electrons. The van der Waals surface area contributed by atoms with Gasteiger partial charge in [0.2, 0.25) is 0 Å². The summed E-state index contributed by atoms with van der Waals surface area (Å²) in [6.07, 6.45) is 0.240. The van der Waals surface area contributed by atoms with Gasteiger partial charge in [-0.1, -0.05) is 12.1 Å². The zero-order valence-electron chi connectivity index (χ0n) is 8.82. The van der Waals surface area contributed by atoms with Crippen molar-refractivity contribution in [1.82, 2.24) is 0 Å². The summed E-state index contributed by atoms with van der Waals surface area (Å²) in [5.74, 6) is -0.832. The molecule has 4 nitrogen and oxygen atoms in total. The van der Waals surface area contributed by atoms with Crippen LogP contribution >= 0.6 is 0 Å². The van der Waals surface area contributed by atoms with Crippen molar-refractivity contribution in [2.75, 3.05) is 0 Å². The fourth-order valence-electron chi connectivity index (χ4n) is 1.33. The van der Waals surface area contributed by atoms with E-state index in [4.69, 9.17) is 10.8 Å². The Morgan fingerprint density at radius 3 is 2.60 bits per heavy atom. The smallest absolute Gasteiger partial charge is 0.323 e. The summed E-state index contributed by atoms with van der Waals surface area (Å²) in [6.45, 7) is 3.23. The third-order valence-electron chi connectivity index (χ3n) is 2.32. The van der Waals surface area contributed by atoms with Crippen molar-refractivity contribution in [3.63, 3.8) is 0 Å². The maximum Gasteiger partial charge on any atom is 0.323 e. The molecule has 0 saturated heterocycles. The van der Waals surface area contributed by atoms with Gasteiger partial charge in [-0.2, -0.15) is 0 Å². The number of benzene rings is 1. The van der Waals surface area contributed by atoms with Gasteiger partial charge in [0.1, 0.15) is 11.3 Å². The summed E-state index contributed by atoms with van der Waals surface area (Å²) in [6, 6.07) is 4.96. The van der Waals surface area contributed by atoms with Gasteiger partial charge in [0.15, 0.2) is 0 Å². The molecule has 0 saturated carbocycles. The van der Waals surface area contributed by atoms with Crippen molar-refractivity contribution in [2.24, 2.45) is 5.73 Å². The van der Waals surface area contributed by atoms with Crippen LogP contribution in [-0.4, -0.2) is 21.7 Å². The molecule has 4 heteroatoms. The van der Waals surface area contributed by atoms with Gasteiger partial charge < -0.3 is 15.9 Å². The Morgan fingerprint density at radius 1 is 1.53 bits per heavy atom. The number of rotatable bonds is 3. The first-order chi connectivity index (χ1) is 6.83. The molecule has 15 heavy (non-hydrogen) atoms. The van der Waals surface area contributed by atoms with E-state index >= 15 is 0 Å². The molecule has 0 aliphatic rings. The fourth-order valence-corrected chi connectivity index (χ4v) is 1.33. The van der Waals surface area contributed by atoms with E-state index in [-0.39, 0.29) is 12.2 Å². The van der Waals surface area contributed by atoms with E-state index < -0.39 is 11.5 Å². The molecular weight excluding hydrogens is 194 g/mol. The SMILES string of the molecule is Cc1cc(C[C@](C)(N)C(=O)O)ccc1O. The fraction of sp³-hybridized carbons (Fsp3) is 0.364. The largest absolute Gasteiger partial charge is 0.508 e. The molecule has 0 aromatic heterocycles. The summed E-state index contributed by atoms with van der Waals surface area (Å²) in [5, 5.41) is 18.2. The number of carboxylic acid groups (broad SMARTS) is 1. The number of aryl methyl sites for hydroxylation is 1. The lowest BCUT2D eigenvalue weighted by Crippen LogP contribution is -2.46. The van der Waals surface area contributed by atoms with Crippen LogP contribution < -0.4 is 5.73 Å². The van der Waals surface area contributed by atoms with Crippen molar-refractivity contribution >= 4 is 5.97 Å². The van der Waals surface area contributed by atoms with Crippen molar-refractivity contribution in [1.29, 1.82) is 0 Å². The highest BCUT2D eigenvalue weighted by atomic mass is 16.4. The van der Waals surface area contributed by atoms with Crippen LogP contribution in [0.5, 0.6) is 5.75 Å². The molecule has 1 aromatic rings. The lowest BCUT2D eigenvalue weighted by molar-refractivity contribution is -0.142. The molecule has 0 fully saturated rings. The summed E-state index contributed by atoms with van der Waals surface area (Å²) in [4.78, 5) is 10.8. The van der Waals surface area contributed by atoms with Gasteiger partial charge in [-0.25, -0.2) is 0 Å². The number of phenolic OH excluding ortho intramolecular Hbond substituents is 1. The first-order valence-electron chi connectivity index (χ1n) is 4.64. The van der Waals surface area contributed by atoms with E-state index in [9.17, 15) is 9.90 Å². The number of hydrogen-bond acceptors (Lipinski definition) is 3. The maximum absolute atomic E-state index is 10.8. The quantitative estimate of drug-likeness (QED) is 0.694. The molecule has 0 spiro atoms. The monoisotopic (exact) mass is 209 g/mol. The maximum atomic E-state index is 10.8. The summed E-state index contributed by atoms with van der Waals surface area (Å²) in [5.41, 5.74) is 5.86. The number of phenols is 1. The minimum atomic E-state index is -1.27. The average molecular weight is 209 g/mol. The Hall–Kier alpha value is -1.55. The van der Waals surface area contributed by atoms with Crippen molar-refractivity contribution in [2.45, 2.75) is 25.8 Å². The lowest BCUT2D eigenvalue weighted by atomic mass is 9.93. The van der Waals surface area contributed by atoms with Gasteiger partial charge in [-0.05, 0) is 31.0 Å². The van der Waals surface area contributed by atoms with Gasteiger partial charge in [0.05, 0.1) is 0 Å². The molecule has 0 aliphatic heterocycles. The molecular formula is C11H15NO3. The van der Waals surface area contributed by atoms with Crippen LogP contribution in [0.1, 0.15) is 18.1 Å². The van der Waals surface area contributed by atoms with Crippen molar-refractivity contribution in [3.05, 3.63) is 29.3 Å². The van der Waals surface area contributed by atoms with Crippen LogP contribution in [0.3, 0.4) is 0 Å². The highest BCUT2D eigenvalue weighted by molar-refractivity contribution is 5.78. The molecule has 0 unspecified atom stereocenters. The minimum absolute atomic E-state index is 0.202. The van der Waals surface area contributed by atoms with Gasteiger partial charge in [-0.15, -0.1) is 0 Å². The Labute approximate surface area is 88.3 Å². The molecule has 1 atom stereocenters. The number of aliphatic carboxylic acids is 1. The van der Waals surface area contributed by atoms with Gasteiger partial charge in [0.25, 0.3) is 0 Å². The van der Waals surface area contributed by atoms with Gasteiger partial charge in [0, 0.05) is 6.42 Å². The van der Waals surface area contributed by atoms with Crippen LogP contribution in [0.2, 0.25) is 0 Å². The van der Waals surface area contributed by atoms with E-state index in [0.29, 0.717) is 5.56 Å². The second-order valence-corrected chi connectivity index (χ2v) is 4.02. The zero-order valence-corrected chi connectivity index (χ0v) is 8.82. The topological polar surface area (TPSA) is 83.6 Å². The molecule has 0 amide bonds. The van der Waals surface area contributed by atoms with Crippen LogP contribution in [0, 0.1) is 6.92 Å². The molecule has 0 bridgehead atoms. The minimum Gasteiger partial charge on any atom is -0.508 e. The average Bonchev–Trinajstić information content (AvgIpc) is 2.10. The molecule has 0 heterocycles. The predicted molar refractivity (Wildman–Crippen MR) is 56.8 cm³/mol. The molecule has 1 rings (SSSR count). The lowest BCUT2D eigenvalue weighted by Gasteiger charge is -2.19. The second kappa shape index (κ2) is 3.90. The molecule has 0 radical (unpaired) electrons. The summed E-state index contributed by atoms with van der Waals surface area (Å²) >= 11 is 0. The van der Waals surface area contributed by atoms with Crippen molar-refractivity contribution in [3.8, 4) is 5.75 Å². The molecule has 0 aliphatic carbocycles. The highest BCUT2D eigenvalue weighted by Gasteiger charge is 2.28. The molecule has 4 N–H and O–H groups in total. The number of hydrogen-bond donors (Lipinski definition) is 3. The number of carboxylic acids is 1. The number of nitrogens with two attached hydrogens (primary N) is 1. The first-order valence-corrected chi connectivity index (χ1v) is 4.64. The van der Waals surface area contributed by atoms with E-state index in [1.54, 1.807) is 25.1 Å². The predicted octanol–water partition coefficient (Wildman–Crippen LogP) is 1.05. The van der Waals surface area contributed by atoms with Gasteiger partial charge in [-0.3, -0.25) is 4.79 Å². The highest BCUT2D eigenvalue weighted by Crippen LogP contribution is 2.19. The standard InChI is InChI=1S/C11H15NO3/c1-7-5-8(3-4-9(7)13)6-11(2,12)10(14)15/h3-5,13H,6,12H2,1-2H3,(H,14,15)/t11-/m0/s1. The van der Waals surface area contributed by atoms with Crippen LogP contribution in [-0.2, 0) is 11.2 Å². The number of carbonyl (C=O) groups is 1. The Kier molecular flexibility index (Phi) is 3.00. The third-order valence-corrected chi connectivity index (χ3v) is 2.32. The Balaban J connectivity index is 2.91. The van der Waals surface area contributed by atoms with Crippen molar-refractivity contribution < 1.29 is 15.0 Å². The van der Waals surface area contributed by atoms with E-state index in [1.807, 2.05) is 0 Å². The van der Waals surface area contributed by atoms with E-state index in [0.717, 1.165) is 5.56 Å². The van der Waals surface area contributed by atoms with E-state index in [1.165, 1.54) is 6.92 Å².